The monoisotopic (exact) mass is 306 g/mol. The van der Waals surface area contributed by atoms with Crippen molar-refractivity contribution in [1.82, 2.24) is 0 Å². The van der Waals surface area contributed by atoms with Crippen molar-refractivity contribution in [2.75, 3.05) is 13.7 Å². The van der Waals surface area contributed by atoms with Crippen LogP contribution in [0.4, 0.5) is 0 Å². The second-order valence-corrected chi connectivity index (χ2v) is 4.51. The van der Waals surface area contributed by atoms with Gasteiger partial charge >= 0.3 is 14.2 Å². The standard InChI is InChI=1S/C8H9BO2.C7H15BO3/c10-9(11)7-6-8-4-2-1-3-5-8;1-11-7-5-3-2-4-6-8(9)10/h1-7,10-11H;4,6,9-10H,2-3,5,7H2,1H3. The molecule has 0 spiro atoms. The van der Waals surface area contributed by atoms with E-state index in [-0.39, 0.29) is 0 Å². The van der Waals surface area contributed by atoms with Crippen LogP contribution >= 0.6 is 0 Å². The van der Waals surface area contributed by atoms with Gasteiger partial charge in [-0.15, -0.1) is 0 Å². The van der Waals surface area contributed by atoms with Crippen molar-refractivity contribution in [1.29, 1.82) is 0 Å². The van der Waals surface area contributed by atoms with E-state index in [1.807, 2.05) is 30.3 Å². The SMILES string of the molecule is COCCCCC=CB(O)O.OB(O)C=Cc1ccccc1. The van der Waals surface area contributed by atoms with Crippen molar-refractivity contribution >= 4 is 20.3 Å². The Balaban J connectivity index is 0.000000401. The van der Waals surface area contributed by atoms with Crippen molar-refractivity contribution in [3.05, 3.63) is 53.9 Å². The molecule has 0 aliphatic carbocycles. The molecule has 0 unspecified atom stereocenters. The zero-order valence-corrected chi connectivity index (χ0v) is 12.9. The third kappa shape index (κ3) is 15.0. The number of benzene rings is 1. The van der Waals surface area contributed by atoms with Gasteiger partial charge in [-0.1, -0.05) is 54.4 Å². The molecule has 0 radical (unpaired) electrons. The van der Waals surface area contributed by atoms with Gasteiger partial charge in [0.25, 0.3) is 0 Å². The molecule has 0 atom stereocenters. The van der Waals surface area contributed by atoms with Crippen LogP contribution in [0, 0.1) is 0 Å². The fourth-order valence-corrected chi connectivity index (χ4v) is 1.49. The third-order valence-electron chi connectivity index (χ3n) is 2.54. The largest absolute Gasteiger partial charge is 0.480 e. The number of hydrogen-bond acceptors (Lipinski definition) is 5. The van der Waals surface area contributed by atoms with Gasteiger partial charge in [0.15, 0.2) is 0 Å². The Morgan fingerprint density at radius 2 is 1.59 bits per heavy atom. The molecule has 0 saturated heterocycles. The van der Waals surface area contributed by atoms with E-state index >= 15 is 0 Å². The predicted octanol–water partition coefficient (Wildman–Crippen LogP) is 1.08. The van der Waals surface area contributed by atoms with Crippen molar-refractivity contribution in [2.24, 2.45) is 0 Å². The van der Waals surface area contributed by atoms with Crippen molar-refractivity contribution < 1.29 is 24.8 Å². The van der Waals surface area contributed by atoms with E-state index in [0.717, 1.165) is 31.4 Å². The highest BCUT2D eigenvalue weighted by Gasteiger charge is 1.97. The second-order valence-electron chi connectivity index (χ2n) is 4.51. The topological polar surface area (TPSA) is 90.2 Å². The minimum atomic E-state index is -1.37. The molecular formula is C15H24B2O5. The molecule has 1 aromatic carbocycles. The minimum Gasteiger partial charge on any atom is -0.424 e. The van der Waals surface area contributed by atoms with E-state index in [1.165, 1.54) is 12.0 Å². The van der Waals surface area contributed by atoms with Gasteiger partial charge in [-0.25, -0.2) is 0 Å². The Hall–Kier alpha value is -1.37. The Kier molecular flexibility index (Phi) is 13.7. The number of methoxy groups -OCH3 is 1. The molecular weight excluding hydrogens is 282 g/mol. The molecule has 4 N–H and O–H groups in total. The van der Waals surface area contributed by atoms with Gasteiger partial charge in [-0.3, -0.25) is 0 Å². The quantitative estimate of drug-likeness (QED) is 0.426. The lowest BCUT2D eigenvalue weighted by Crippen LogP contribution is -2.05. The van der Waals surface area contributed by atoms with Gasteiger partial charge in [0, 0.05) is 13.7 Å². The van der Waals surface area contributed by atoms with Gasteiger partial charge in [0.2, 0.25) is 0 Å². The fourth-order valence-electron chi connectivity index (χ4n) is 1.49. The Bertz CT molecular complexity index is 408. The van der Waals surface area contributed by atoms with Crippen LogP contribution in [0.1, 0.15) is 24.8 Å². The summed E-state index contributed by atoms with van der Waals surface area (Å²) < 4.78 is 4.85. The maximum atomic E-state index is 8.48. The first-order valence-electron chi connectivity index (χ1n) is 7.17. The normalized spacial score (nSPS) is 10.6. The summed E-state index contributed by atoms with van der Waals surface area (Å²) in [6, 6.07) is 9.47. The Morgan fingerprint density at radius 1 is 0.955 bits per heavy atom. The average molecular weight is 306 g/mol. The second kappa shape index (κ2) is 14.6. The molecule has 0 heterocycles. The molecule has 7 heteroatoms. The summed E-state index contributed by atoms with van der Waals surface area (Å²) in [5, 5.41) is 33.8. The molecule has 0 amide bonds. The van der Waals surface area contributed by atoms with E-state index < -0.39 is 14.2 Å². The highest BCUT2D eigenvalue weighted by Crippen LogP contribution is 2.00. The van der Waals surface area contributed by atoms with Gasteiger partial charge in [-0.05, 0) is 24.8 Å². The van der Waals surface area contributed by atoms with Crippen LogP contribution in [-0.2, 0) is 4.74 Å². The molecule has 0 saturated carbocycles. The predicted molar refractivity (Wildman–Crippen MR) is 90.7 cm³/mol. The highest BCUT2D eigenvalue weighted by molar-refractivity contribution is 6.48. The smallest absolute Gasteiger partial charge is 0.424 e. The zero-order valence-electron chi connectivity index (χ0n) is 12.9. The summed E-state index contributed by atoms with van der Waals surface area (Å²) >= 11 is 0. The summed E-state index contributed by atoms with van der Waals surface area (Å²) in [4.78, 5) is 0. The number of hydrogen-bond donors (Lipinski definition) is 4. The first kappa shape index (κ1) is 20.6. The first-order chi connectivity index (χ1) is 10.6. The summed E-state index contributed by atoms with van der Waals surface area (Å²) in [5.41, 5.74) is 0.959. The number of allylic oxidation sites excluding steroid dienone is 1. The molecule has 5 nitrogen and oxygen atoms in total. The first-order valence-corrected chi connectivity index (χ1v) is 7.17. The van der Waals surface area contributed by atoms with Crippen molar-refractivity contribution in [2.45, 2.75) is 19.3 Å². The minimum absolute atomic E-state index is 0.773. The Labute approximate surface area is 132 Å². The lowest BCUT2D eigenvalue weighted by atomic mass is 9.91. The summed E-state index contributed by atoms with van der Waals surface area (Å²) in [6.45, 7) is 0.773. The molecule has 0 aromatic heterocycles. The maximum absolute atomic E-state index is 8.48. The fraction of sp³-hybridized carbons (Fsp3) is 0.333. The lowest BCUT2D eigenvalue weighted by molar-refractivity contribution is 0.193. The van der Waals surface area contributed by atoms with E-state index in [1.54, 1.807) is 19.3 Å². The molecule has 0 fully saturated rings. The summed E-state index contributed by atoms with van der Waals surface area (Å²) in [5.74, 6) is 2.68. The van der Waals surface area contributed by atoms with Crippen molar-refractivity contribution in [3.8, 4) is 0 Å². The molecule has 1 aromatic rings. The molecule has 0 aliphatic heterocycles. The third-order valence-corrected chi connectivity index (χ3v) is 2.54. The van der Waals surface area contributed by atoms with Gasteiger partial charge in [0.1, 0.15) is 0 Å². The van der Waals surface area contributed by atoms with Crippen molar-refractivity contribution in [3.63, 3.8) is 0 Å². The van der Waals surface area contributed by atoms with Crippen LogP contribution in [0.25, 0.3) is 6.08 Å². The van der Waals surface area contributed by atoms with E-state index in [4.69, 9.17) is 24.8 Å². The van der Waals surface area contributed by atoms with E-state index in [9.17, 15) is 0 Å². The Morgan fingerprint density at radius 3 is 2.14 bits per heavy atom. The molecule has 120 valence electrons. The molecule has 0 bridgehead atoms. The van der Waals surface area contributed by atoms with Crippen LogP contribution in [0.5, 0.6) is 0 Å². The van der Waals surface area contributed by atoms with Crippen LogP contribution in [0.15, 0.2) is 48.4 Å². The number of ether oxygens (including phenoxy) is 1. The average Bonchev–Trinajstić information content (AvgIpc) is 2.50. The molecule has 0 aliphatic rings. The lowest BCUT2D eigenvalue weighted by Gasteiger charge is -1.94. The van der Waals surface area contributed by atoms with Gasteiger partial charge in [0.05, 0.1) is 0 Å². The van der Waals surface area contributed by atoms with Crippen LogP contribution in [0.2, 0.25) is 0 Å². The zero-order chi connectivity index (χ0) is 16.6. The highest BCUT2D eigenvalue weighted by atomic mass is 16.5. The van der Waals surface area contributed by atoms with Gasteiger partial charge in [-0.2, -0.15) is 0 Å². The summed E-state index contributed by atoms with van der Waals surface area (Å²) in [7, 11) is -1.000. The summed E-state index contributed by atoms with van der Waals surface area (Å²) in [6.07, 6.45) is 6.34. The number of unbranched alkanes of at least 4 members (excludes halogenated alkanes) is 2. The van der Waals surface area contributed by atoms with Crippen LogP contribution < -0.4 is 0 Å². The number of rotatable bonds is 8. The van der Waals surface area contributed by atoms with Crippen LogP contribution in [0.3, 0.4) is 0 Å². The maximum Gasteiger partial charge on any atom is 0.480 e. The van der Waals surface area contributed by atoms with E-state index in [2.05, 4.69) is 0 Å². The molecule has 1 rings (SSSR count). The van der Waals surface area contributed by atoms with Gasteiger partial charge < -0.3 is 24.8 Å². The molecule has 22 heavy (non-hydrogen) atoms. The van der Waals surface area contributed by atoms with Crippen LogP contribution in [-0.4, -0.2) is 48.0 Å². The van der Waals surface area contributed by atoms with E-state index in [0.29, 0.717) is 0 Å².